The van der Waals surface area contributed by atoms with Crippen molar-refractivity contribution in [2.45, 2.75) is 26.4 Å². The number of anilines is 1. The minimum Gasteiger partial charge on any atom is -0.370 e. The van der Waals surface area contributed by atoms with Crippen LogP contribution in [0.25, 0.3) is 0 Å². The molecule has 0 fully saturated rings. The van der Waals surface area contributed by atoms with Gasteiger partial charge < -0.3 is 10.6 Å². The number of halogens is 1. The molecule has 2 N–H and O–H groups in total. The van der Waals surface area contributed by atoms with Crippen LogP contribution in [0.5, 0.6) is 0 Å². The van der Waals surface area contributed by atoms with Crippen molar-refractivity contribution < 1.29 is 4.39 Å². The van der Waals surface area contributed by atoms with Crippen LogP contribution < -0.4 is 10.6 Å². The van der Waals surface area contributed by atoms with Crippen LogP contribution in [-0.2, 0) is 13.6 Å². The molecule has 1 heterocycles. The van der Waals surface area contributed by atoms with E-state index in [2.05, 4.69) is 10.00 Å². The standard InChI is InChI=1S/C15H21FN4/c1-10-5-15(13(11(2)17)6-14(10)16)19(3)8-12-7-18-20(4)9-12/h5-7,9,11H,8,17H2,1-4H3/t11-/m0/s1. The molecule has 1 aromatic carbocycles. The predicted molar refractivity (Wildman–Crippen MR) is 79.1 cm³/mol. The van der Waals surface area contributed by atoms with E-state index in [0.717, 1.165) is 16.8 Å². The molecule has 0 spiro atoms. The van der Waals surface area contributed by atoms with Crippen LogP contribution in [0.15, 0.2) is 24.5 Å². The number of aryl methyl sites for hydroxylation is 2. The zero-order chi connectivity index (χ0) is 14.9. The highest BCUT2D eigenvalue weighted by molar-refractivity contribution is 5.56. The predicted octanol–water partition coefficient (Wildman–Crippen LogP) is 2.52. The second-order valence-corrected chi connectivity index (χ2v) is 5.33. The molecule has 0 saturated carbocycles. The van der Waals surface area contributed by atoms with Gasteiger partial charge in [-0.2, -0.15) is 5.10 Å². The Kier molecular flexibility index (Phi) is 4.09. The Morgan fingerprint density at radius 1 is 1.45 bits per heavy atom. The molecule has 0 amide bonds. The highest BCUT2D eigenvalue weighted by Crippen LogP contribution is 2.28. The fourth-order valence-corrected chi connectivity index (χ4v) is 2.29. The lowest BCUT2D eigenvalue weighted by molar-refractivity contribution is 0.612. The summed E-state index contributed by atoms with van der Waals surface area (Å²) in [4.78, 5) is 2.07. The van der Waals surface area contributed by atoms with E-state index in [-0.39, 0.29) is 11.9 Å². The lowest BCUT2D eigenvalue weighted by atomic mass is 10.0. The number of nitrogens with zero attached hydrogens (tertiary/aromatic N) is 3. The molecule has 2 rings (SSSR count). The molecule has 0 unspecified atom stereocenters. The summed E-state index contributed by atoms with van der Waals surface area (Å²) in [5.41, 5.74) is 9.47. The molecule has 0 saturated heterocycles. The smallest absolute Gasteiger partial charge is 0.126 e. The third-order valence-electron chi connectivity index (χ3n) is 3.39. The molecule has 2 aromatic rings. The van der Waals surface area contributed by atoms with Gasteiger partial charge >= 0.3 is 0 Å². The fraction of sp³-hybridized carbons (Fsp3) is 0.400. The Bertz CT molecular complexity index is 604. The van der Waals surface area contributed by atoms with E-state index in [1.165, 1.54) is 6.07 Å². The van der Waals surface area contributed by atoms with Gasteiger partial charge in [0.1, 0.15) is 5.82 Å². The first-order chi connectivity index (χ1) is 9.38. The molecule has 20 heavy (non-hydrogen) atoms. The average Bonchev–Trinajstić information content (AvgIpc) is 2.77. The van der Waals surface area contributed by atoms with Crippen molar-refractivity contribution in [2.24, 2.45) is 12.8 Å². The molecule has 0 aliphatic rings. The van der Waals surface area contributed by atoms with Crippen LogP contribution >= 0.6 is 0 Å². The molecular weight excluding hydrogens is 255 g/mol. The second-order valence-electron chi connectivity index (χ2n) is 5.33. The number of rotatable bonds is 4. The number of hydrogen-bond donors (Lipinski definition) is 1. The van der Waals surface area contributed by atoms with Gasteiger partial charge in [0.25, 0.3) is 0 Å². The first kappa shape index (κ1) is 14.5. The minimum absolute atomic E-state index is 0.212. The summed E-state index contributed by atoms with van der Waals surface area (Å²) in [5, 5.41) is 4.16. The average molecular weight is 276 g/mol. The molecular formula is C15H21FN4. The Morgan fingerprint density at radius 3 is 2.70 bits per heavy atom. The van der Waals surface area contributed by atoms with Crippen LogP contribution in [0.2, 0.25) is 0 Å². The fourth-order valence-electron chi connectivity index (χ4n) is 2.29. The van der Waals surface area contributed by atoms with Gasteiger partial charge in [-0.15, -0.1) is 0 Å². The largest absolute Gasteiger partial charge is 0.370 e. The Morgan fingerprint density at radius 2 is 2.15 bits per heavy atom. The van der Waals surface area contributed by atoms with Gasteiger partial charge in [0.05, 0.1) is 6.20 Å². The van der Waals surface area contributed by atoms with Crippen molar-refractivity contribution in [3.05, 3.63) is 47.0 Å². The van der Waals surface area contributed by atoms with E-state index >= 15 is 0 Å². The Balaban J connectivity index is 2.33. The van der Waals surface area contributed by atoms with Crippen LogP contribution in [0, 0.1) is 12.7 Å². The monoisotopic (exact) mass is 276 g/mol. The van der Waals surface area contributed by atoms with Crippen molar-refractivity contribution in [1.29, 1.82) is 0 Å². The van der Waals surface area contributed by atoms with Gasteiger partial charge in [0.2, 0.25) is 0 Å². The maximum atomic E-state index is 13.7. The first-order valence-corrected chi connectivity index (χ1v) is 6.62. The number of nitrogens with two attached hydrogens (primary N) is 1. The van der Waals surface area contributed by atoms with Gasteiger partial charge in [-0.05, 0) is 37.1 Å². The SMILES string of the molecule is Cc1cc(N(C)Cc2cnn(C)c2)c([C@H](C)N)cc1F. The van der Waals surface area contributed by atoms with Crippen molar-refractivity contribution in [3.8, 4) is 0 Å². The van der Waals surface area contributed by atoms with Gasteiger partial charge in [0, 0.05) is 44.1 Å². The van der Waals surface area contributed by atoms with E-state index < -0.39 is 0 Å². The van der Waals surface area contributed by atoms with Crippen molar-refractivity contribution in [2.75, 3.05) is 11.9 Å². The summed E-state index contributed by atoms with van der Waals surface area (Å²) in [5.74, 6) is -0.212. The van der Waals surface area contributed by atoms with E-state index in [0.29, 0.717) is 12.1 Å². The first-order valence-electron chi connectivity index (χ1n) is 6.62. The second kappa shape index (κ2) is 5.63. The molecule has 1 atom stereocenters. The quantitative estimate of drug-likeness (QED) is 0.933. The van der Waals surface area contributed by atoms with Crippen molar-refractivity contribution in [3.63, 3.8) is 0 Å². The summed E-state index contributed by atoms with van der Waals surface area (Å²) in [6.07, 6.45) is 3.80. The van der Waals surface area contributed by atoms with Crippen LogP contribution in [-0.4, -0.2) is 16.8 Å². The highest BCUT2D eigenvalue weighted by atomic mass is 19.1. The van der Waals surface area contributed by atoms with Gasteiger partial charge in [-0.25, -0.2) is 4.39 Å². The summed E-state index contributed by atoms with van der Waals surface area (Å²) in [6.45, 7) is 4.34. The van der Waals surface area contributed by atoms with Gasteiger partial charge in [0.15, 0.2) is 0 Å². The summed E-state index contributed by atoms with van der Waals surface area (Å²) in [6, 6.07) is 3.18. The van der Waals surface area contributed by atoms with Gasteiger partial charge in [-0.1, -0.05) is 0 Å². The third kappa shape index (κ3) is 2.99. The molecule has 4 nitrogen and oxygen atoms in total. The van der Waals surface area contributed by atoms with Gasteiger partial charge in [-0.3, -0.25) is 4.68 Å². The molecule has 1 aromatic heterocycles. The summed E-state index contributed by atoms with van der Waals surface area (Å²) >= 11 is 0. The third-order valence-corrected chi connectivity index (χ3v) is 3.39. The Labute approximate surface area is 119 Å². The zero-order valence-electron chi connectivity index (χ0n) is 12.4. The lowest BCUT2D eigenvalue weighted by Crippen LogP contribution is -2.20. The maximum Gasteiger partial charge on any atom is 0.126 e. The molecule has 0 aliphatic heterocycles. The molecule has 0 bridgehead atoms. The number of benzene rings is 1. The van der Waals surface area contributed by atoms with E-state index in [1.54, 1.807) is 11.6 Å². The number of aromatic nitrogens is 2. The van der Waals surface area contributed by atoms with Crippen LogP contribution in [0.1, 0.15) is 29.7 Å². The summed E-state index contributed by atoms with van der Waals surface area (Å²) in [7, 11) is 3.87. The van der Waals surface area contributed by atoms with Crippen LogP contribution in [0.3, 0.4) is 0 Å². The van der Waals surface area contributed by atoms with E-state index in [9.17, 15) is 4.39 Å². The highest BCUT2D eigenvalue weighted by Gasteiger charge is 2.14. The van der Waals surface area contributed by atoms with E-state index in [4.69, 9.17) is 5.73 Å². The zero-order valence-corrected chi connectivity index (χ0v) is 12.4. The summed E-state index contributed by atoms with van der Waals surface area (Å²) < 4.78 is 15.5. The molecule has 108 valence electrons. The number of hydrogen-bond acceptors (Lipinski definition) is 3. The van der Waals surface area contributed by atoms with Crippen LogP contribution in [0.4, 0.5) is 10.1 Å². The normalized spacial score (nSPS) is 12.5. The molecule has 0 radical (unpaired) electrons. The van der Waals surface area contributed by atoms with E-state index in [1.807, 2.05) is 39.5 Å². The van der Waals surface area contributed by atoms with Crippen molar-refractivity contribution in [1.82, 2.24) is 9.78 Å². The van der Waals surface area contributed by atoms with Crippen molar-refractivity contribution >= 4 is 5.69 Å². The maximum absolute atomic E-state index is 13.7. The minimum atomic E-state index is -0.212. The topological polar surface area (TPSA) is 47.1 Å². The molecule has 5 heteroatoms. The Hall–Kier alpha value is -1.88. The lowest BCUT2D eigenvalue weighted by Gasteiger charge is -2.24. The molecule has 0 aliphatic carbocycles.